The molecule has 2 N–H and O–H groups in total. The molecule has 1 fully saturated rings. The van der Waals surface area contributed by atoms with Gasteiger partial charge in [-0.25, -0.2) is 0 Å². The van der Waals surface area contributed by atoms with E-state index in [-0.39, 0.29) is 17.4 Å². The molecule has 8 heteroatoms. The Morgan fingerprint density at radius 1 is 1.28 bits per heavy atom. The second kappa shape index (κ2) is 9.11. The Morgan fingerprint density at radius 2 is 2.00 bits per heavy atom. The van der Waals surface area contributed by atoms with E-state index in [9.17, 15) is 20.0 Å². The summed E-state index contributed by atoms with van der Waals surface area (Å²) in [6.45, 7) is 4.04. The summed E-state index contributed by atoms with van der Waals surface area (Å²) in [5, 5.41) is 24.8. The van der Waals surface area contributed by atoms with E-state index in [1.54, 1.807) is 18.3 Å². The molecular formula is C21H25N3O5. The topological polar surface area (TPSA) is 115 Å². The molecule has 0 amide bonds. The predicted molar refractivity (Wildman–Crippen MR) is 106 cm³/mol. The smallest absolute Gasteiger partial charge is 0.321 e. The Balaban J connectivity index is 1.94. The van der Waals surface area contributed by atoms with Crippen molar-refractivity contribution in [1.29, 1.82) is 0 Å². The van der Waals surface area contributed by atoms with E-state index < -0.39 is 36.1 Å². The second-order valence-electron chi connectivity index (χ2n) is 7.61. The van der Waals surface area contributed by atoms with Gasteiger partial charge in [0, 0.05) is 17.3 Å². The molecule has 3 rings (SSSR count). The summed E-state index contributed by atoms with van der Waals surface area (Å²) < 4.78 is 6.10. The lowest BCUT2D eigenvalue weighted by Crippen LogP contribution is -2.47. The summed E-state index contributed by atoms with van der Waals surface area (Å²) in [4.78, 5) is 27.7. The van der Waals surface area contributed by atoms with Gasteiger partial charge in [0.2, 0.25) is 6.04 Å². The first-order valence-corrected chi connectivity index (χ1v) is 9.58. The number of rotatable bonds is 8. The van der Waals surface area contributed by atoms with Crippen LogP contribution in [0, 0.1) is 22.0 Å². The number of benzene rings is 1. The van der Waals surface area contributed by atoms with E-state index in [4.69, 9.17) is 4.74 Å². The Labute approximate surface area is 169 Å². The van der Waals surface area contributed by atoms with Gasteiger partial charge < -0.3 is 9.84 Å². The molecule has 1 aromatic heterocycles. The van der Waals surface area contributed by atoms with Crippen LogP contribution in [0.4, 0.5) is 0 Å². The van der Waals surface area contributed by atoms with Crippen molar-refractivity contribution in [2.75, 3.05) is 0 Å². The van der Waals surface area contributed by atoms with Gasteiger partial charge in [0.15, 0.2) is 0 Å². The molecule has 0 saturated carbocycles. The fraction of sp³-hybridized carbons (Fsp3) is 0.429. The SMILES string of the molecule is CC(C)[C@H](OCc1ccccc1)[C@H]1[C@H]([N+](=O)[O-])[C@H](c2cccnc2)N[C@@H]1C(=O)O. The highest BCUT2D eigenvalue weighted by Crippen LogP contribution is 2.39. The Kier molecular flexibility index (Phi) is 6.56. The molecule has 2 heterocycles. The molecule has 8 nitrogen and oxygen atoms in total. The molecule has 1 aliphatic rings. The van der Waals surface area contributed by atoms with Crippen molar-refractivity contribution >= 4 is 5.97 Å². The molecule has 154 valence electrons. The zero-order valence-electron chi connectivity index (χ0n) is 16.3. The van der Waals surface area contributed by atoms with Gasteiger partial charge in [0.25, 0.3) is 0 Å². The number of carbonyl (C=O) groups is 1. The lowest BCUT2D eigenvalue weighted by Gasteiger charge is -2.30. The summed E-state index contributed by atoms with van der Waals surface area (Å²) in [7, 11) is 0. The van der Waals surface area contributed by atoms with E-state index in [1.807, 2.05) is 44.2 Å². The molecule has 1 saturated heterocycles. The summed E-state index contributed by atoms with van der Waals surface area (Å²) >= 11 is 0. The third-order valence-corrected chi connectivity index (χ3v) is 5.35. The molecule has 1 aromatic carbocycles. The highest BCUT2D eigenvalue weighted by molar-refractivity contribution is 5.75. The van der Waals surface area contributed by atoms with Gasteiger partial charge in [-0.3, -0.25) is 25.2 Å². The van der Waals surface area contributed by atoms with Gasteiger partial charge in [-0.15, -0.1) is 0 Å². The number of carboxylic acid groups (broad SMARTS) is 1. The van der Waals surface area contributed by atoms with Crippen molar-refractivity contribution in [3.63, 3.8) is 0 Å². The lowest BCUT2D eigenvalue weighted by atomic mass is 9.82. The predicted octanol–water partition coefficient (Wildman–Crippen LogP) is 2.68. The van der Waals surface area contributed by atoms with Crippen LogP contribution < -0.4 is 5.32 Å². The average Bonchev–Trinajstić information content (AvgIpc) is 3.10. The maximum absolute atomic E-state index is 12.1. The van der Waals surface area contributed by atoms with E-state index in [0.29, 0.717) is 5.56 Å². The molecule has 0 unspecified atom stereocenters. The number of ether oxygens (including phenoxy) is 1. The largest absolute Gasteiger partial charge is 0.480 e. The summed E-state index contributed by atoms with van der Waals surface area (Å²) in [6, 6.07) is 9.88. The molecule has 5 atom stereocenters. The van der Waals surface area contributed by atoms with Gasteiger partial charge in [-0.1, -0.05) is 50.2 Å². The molecule has 1 aliphatic heterocycles. The zero-order valence-corrected chi connectivity index (χ0v) is 16.3. The summed E-state index contributed by atoms with van der Waals surface area (Å²) in [5.74, 6) is -2.07. The third kappa shape index (κ3) is 4.60. The van der Waals surface area contributed by atoms with Crippen molar-refractivity contribution in [3.05, 3.63) is 76.1 Å². The standard InChI is InChI=1S/C21H25N3O5/c1-13(2)20(29-12-14-7-4-3-5-8-14)16-18(21(25)26)23-17(19(16)24(27)28)15-9-6-10-22-11-15/h3-11,13,16-20,23H,12H2,1-2H3,(H,25,26)/t16-,17+,18+,19+,20+/m1/s1. The highest BCUT2D eigenvalue weighted by atomic mass is 16.6. The molecule has 0 radical (unpaired) electrons. The van der Waals surface area contributed by atoms with Crippen molar-refractivity contribution in [1.82, 2.24) is 10.3 Å². The normalized spacial score (nSPS) is 25.1. The second-order valence-corrected chi connectivity index (χ2v) is 7.61. The number of nitro groups is 1. The third-order valence-electron chi connectivity index (χ3n) is 5.35. The number of hydrogen-bond acceptors (Lipinski definition) is 6. The number of carboxylic acids is 1. The average molecular weight is 399 g/mol. The van der Waals surface area contributed by atoms with Crippen molar-refractivity contribution in [2.45, 2.75) is 44.7 Å². The van der Waals surface area contributed by atoms with Crippen LogP contribution in [0.1, 0.15) is 31.0 Å². The zero-order chi connectivity index (χ0) is 21.0. The van der Waals surface area contributed by atoms with Crippen LogP contribution in [-0.4, -0.2) is 39.2 Å². The van der Waals surface area contributed by atoms with Gasteiger partial charge in [0.05, 0.1) is 18.6 Å². The first kappa shape index (κ1) is 20.9. The monoisotopic (exact) mass is 399 g/mol. The molecule has 0 aliphatic carbocycles. The minimum Gasteiger partial charge on any atom is -0.480 e. The van der Waals surface area contributed by atoms with Crippen LogP contribution in [0.3, 0.4) is 0 Å². The fourth-order valence-corrected chi connectivity index (χ4v) is 4.07. The van der Waals surface area contributed by atoms with Crippen LogP contribution in [0.5, 0.6) is 0 Å². The van der Waals surface area contributed by atoms with Crippen LogP contribution >= 0.6 is 0 Å². The Bertz CT molecular complexity index is 831. The molecular weight excluding hydrogens is 374 g/mol. The lowest BCUT2D eigenvalue weighted by molar-refractivity contribution is -0.535. The van der Waals surface area contributed by atoms with Crippen molar-refractivity contribution < 1.29 is 19.6 Å². The van der Waals surface area contributed by atoms with E-state index in [0.717, 1.165) is 5.56 Å². The first-order chi connectivity index (χ1) is 13.9. The van der Waals surface area contributed by atoms with Gasteiger partial charge in [0.1, 0.15) is 12.1 Å². The molecule has 2 aromatic rings. The van der Waals surface area contributed by atoms with Crippen LogP contribution in [0.25, 0.3) is 0 Å². The van der Waals surface area contributed by atoms with Gasteiger partial charge in [-0.05, 0) is 23.1 Å². The maximum atomic E-state index is 12.1. The van der Waals surface area contributed by atoms with E-state index >= 15 is 0 Å². The molecule has 0 bridgehead atoms. The van der Waals surface area contributed by atoms with Crippen LogP contribution in [0.2, 0.25) is 0 Å². The minimum absolute atomic E-state index is 0.109. The number of aliphatic carboxylic acids is 1. The Morgan fingerprint density at radius 3 is 2.55 bits per heavy atom. The minimum atomic E-state index is -1.15. The number of pyridine rings is 1. The van der Waals surface area contributed by atoms with Crippen LogP contribution in [0.15, 0.2) is 54.9 Å². The number of nitrogens with zero attached hydrogens (tertiary/aromatic N) is 2. The first-order valence-electron chi connectivity index (χ1n) is 9.58. The van der Waals surface area contributed by atoms with Gasteiger partial charge >= 0.3 is 5.97 Å². The Hall–Kier alpha value is -2.84. The van der Waals surface area contributed by atoms with Crippen LogP contribution in [-0.2, 0) is 16.1 Å². The van der Waals surface area contributed by atoms with Crippen molar-refractivity contribution in [2.24, 2.45) is 11.8 Å². The quantitative estimate of drug-likeness (QED) is 0.518. The number of aromatic nitrogens is 1. The molecule has 0 spiro atoms. The summed E-state index contributed by atoms with van der Waals surface area (Å²) in [6.07, 6.45) is 2.50. The maximum Gasteiger partial charge on any atom is 0.321 e. The number of hydrogen-bond donors (Lipinski definition) is 2. The highest BCUT2D eigenvalue weighted by Gasteiger charge is 2.57. The summed E-state index contributed by atoms with van der Waals surface area (Å²) in [5.41, 5.74) is 1.52. The van der Waals surface area contributed by atoms with E-state index in [2.05, 4.69) is 10.3 Å². The molecule has 29 heavy (non-hydrogen) atoms. The fourth-order valence-electron chi connectivity index (χ4n) is 4.07. The van der Waals surface area contributed by atoms with Gasteiger partial charge in [-0.2, -0.15) is 0 Å². The van der Waals surface area contributed by atoms with Crippen molar-refractivity contribution in [3.8, 4) is 0 Å². The van der Waals surface area contributed by atoms with E-state index in [1.165, 1.54) is 6.20 Å². The number of nitrogens with one attached hydrogen (secondary N) is 1.